The van der Waals surface area contributed by atoms with Gasteiger partial charge in [0.05, 0.1) is 18.9 Å². The number of hydrogen-bond donors (Lipinski definition) is 1. The van der Waals surface area contributed by atoms with Crippen LogP contribution in [0.1, 0.15) is 17.3 Å². The van der Waals surface area contributed by atoms with E-state index in [-0.39, 0.29) is 11.3 Å². The van der Waals surface area contributed by atoms with Gasteiger partial charge in [0.1, 0.15) is 10.6 Å². The van der Waals surface area contributed by atoms with E-state index in [0.29, 0.717) is 32.5 Å². The monoisotopic (exact) mass is 402 g/mol. The molecule has 1 N–H and O–H groups in total. The number of methoxy groups -OCH3 is 2. The molecule has 0 atom stereocenters. The molecule has 9 heteroatoms. The molecule has 0 saturated heterocycles. The van der Waals surface area contributed by atoms with Crippen LogP contribution < -0.4 is 25.3 Å². The number of thiophene rings is 1. The summed E-state index contributed by atoms with van der Waals surface area (Å²) in [6, 6.07) is 7.69. The Hall–Kier alpha value is -3.33. The zero-order chi connectivity index (χ0) is 20.4. The lowest BCUT2D eigenvalue weighted by atomic mass is 10.2. The number of carbonyl (C=O) groups is 2. The van der Waals surface area contributed by atoms with Crippen LogP contribution >= 0.6 is 11.3 Å². The summed E-state index contributed by atoms with van der Waals surface area (Å²) < 4.78 is 16.2. The number of hydrogen-bond acceptors (Lipinski definition) is 7. The number of amides is 2. The number of urea groups is 1. The molecule has 8 nitrogen and oxygen atoms in total. The average Bonchev–Trinajstić information content (AvgIpc) is 3.08. The van der Waals surface area contributed by atoms with Crippen molar-refractivity contribution in [2.24, 2.45) is 0 Å². The molecular formula is C19H18N2O6S. The highest BCUT2D eigenvalue weighted by molar-refractivity contribution is 7.22. The van der Waals surface area contributed by atoms with E-state index in [1.807, 2.05) is 0 Å². The van der Waals surface area contributed by atoms with Crippen molar-refractivity contribution in [2.75, 3.05) is 31.5 Å². The van der Waals surface area contributed by atoms with Gasteiger partial charge in [0, 0.05) is 24.9 Å². The number of Topliss-reactive ketones (excluding diaryl/α,β-unsaturated/α-hetero) is 1. The molecule has 28 heavy (non-hydrogen) atoms. The Labute approximate surface area is 164 Å². The molecule has 2 amide bonds. The lowest BCUT2D eigenvalue weighted by molar-refractivity contribution is 0.101. The SMILES string of the molecule is COc1ccc(NC(=O)N(C)c2cc3oc(=O)c(C(C)=O)cc3s2)cc1OC. The van der Waals surface area contributed by atoms with E-state index in [4.69, 9.17) is 13.9 Å². The number of anilines is 2. The predicted octanol–water partition coefficient (Wildman–Crippen LogP) is 3.74. The Bertz CT molecular complexity index is 1120. The Morgan fingerprint density at radius 3 is 2.46 bits per heavy atom. The summed E-state index contributed by atoms with van der Waals surface area (Å²) in [5.74, 6) is 0.670. The van der Waals surface area contributed by atoms with Gasteiger partial charge in [-0.1, -0.05) is 0 Å². The van der Waals surface area contributed by atoms with Gasteiger partial charge >= 0.3 is 11.7 Å². The smallest absolute Gasteiger partial charge is 0.347 e. The fourth-order valence-corrected chi connectivity index (χ4v) is 3.52. The molecular weight excluding hydrogens is 384 g/mol. The van der Waals surface area contributed by atoms with Crippen LogP contribution in [0.5, 0.6) is 11.5 Å². The van der Waals surface area contributed by atoms with Crippen molar-refractivity contribution >= 4 is 44.1 Å². The third-order valence-electron chi connectivity index (χ3n) is 4.06. The van der Waals surface area contributed by atoms with Gasteiger partial charge in [0.15, 0.2) is 22.9 Å². The lowest BCUT2D eigenvalue weighted by Gasteiger charge is -2.16. The summed E-state index contributed by atoms with van der Waals surface area (Å²) in [5.41, 5.74) is 0.141. The summed E-state index contributed by atoms with van der Waals surface area (Å²) in [4.78, 5) is 37.3. The van der Waals surface area contributed by atoms with Crippen LogP contribution in [-0.4, -0.2) is 33.1 Å². The number of benzene rings is 1. The molecule has 0 aliphatic carbocycles. The highest BCUT2D eigenvalue weighted by Gasteiger charge is 2.18. The van der Waals surface area contributed by atoms with Crippen molar-refractivity contribution in [3.05, 3.63) is 46.3 Å². The number of rotatable bonds is 5. The van der Waals surface area contributed by atoms with Crippen LogP contribution in [0, 0.1) is 0 Å². The largest absolute Gasteiger partial charge is 0.493 e. The van der Waals surface area contributed by atoms with Gasteiger partial charge in [-0.15, -0.1) is 11.3 Å². The summed E-state index contributed by atoms with van der Waals surface area (Å²) in [6.07, 6.45) is 0. The first kappa shape index (κ1) is 19.4. The molecule has 0 aliphatic heterocycles. The van der Waals surface area contributed by atoms with E-state index in [9.17, 15) is 14.4 Å². The van der Waals surface area contributed by atoms with Gasteiger partial charge in [-0.25, -0.2) is 9.59 Å². The molecule has 3 rings (SSSR count). The number of nitrogens with zero attached hydrogens (tertiary/aromatic N) is 1. The number of carbonyl (C=O) groups excluding carboxylic acids is 2. The fraction of sp³-hybridized carbons (Fsp3) is 0.211. The zero-order valence-electron chi connectivity index (χ0n) is 15.7. The van der Waals surface area contributed by atoms with Gasteiger partial charge in [0.25, 0.3) is 0 Å². The molecule has 3 aromatic rings. The Balaban J connectivity index is 1.85. The Morgan fingerprint density at radius 1 is 1.11 bits per heavy atom. The van der Waals surface area contributed by atoms with Crippen molar-refractivity contribution in [1.82, 2.24) is 0 Å². The van der Waals surface area contributed by atoms with Gasteiger partial charge in [-0.3, -0.25) is 9.69 Å². The van der Waals surface area contributed by atoms with Crippen LogP contribution in [0.2, 0.25) is 0 Å². The number of fused-ring (bicyclic) bond motifs is 1. The molecule has 0 aliphatic rings. The first-order chi connectivity index (χ1) is 13.3. The number of ketones is 1. The van der Waals surface area contributed by atoms with Crippen molar-refractivity contribution in [2.45, 2.75) is 6.92 Å². The summed E-state index contributed by atoms with van der Waals surface area (Å²) >= 11 is 1.23. The maximum absolute atomic E-state index is 12.6. The Morgan fingerprint density at radius 2 is 1.82 bits per heavy atom. The molecule has 1 aromatic carbocycles. The standard InChI is InChI=1S/C19H18N2O6S/c1-10(22)12-8-16-15(27-18(12)23)9-17(28-16)21(2)19(24)20-11-5-6-13(25-3)14(7-11)26-4/h5-9H,1-4H3,(H,20,24). The molecule has 2 heterocycles. The van der Waals surface area contributed by atoms with Crippen LogP contribution in [0.3, 0.4) is 0 Å². The normalized spacial score (nSPS) is 10.6. The van der Waals surface area contributed by atoms with E-state index in [1.165, 1.54) is 43.4 Å². The minimum Gasteiger partial charge on any atom is -0.493 e. The molecule has 0 fully saturated rings. The van der Waals surface area contributed by atoms with E-state index in [1.54, 1.807) is 31.3 Å². The molecule has 0 radical (unpaired) electrons. The second-order valence-corrected chi connectivity index (χ2v) is 6.94. The van der Waals surface area contributed by atoms with Crippen molar-refractivity contribution < 1.29 is 23.5 Å². The first-order valence-corrected chi connectivity index (χ1v) is 9.01. The molecule has 0 bridgehead atoms. The second kappa shape index (κ2) is 7.73. The van der Waals surface area contributed by atoms with Crippen molar-refractivity contribution in [3.8, 4) is 11.5 Å². The van der Waals surface area contributed by atoms with Gasteiger partial charge in [0.2, 0.25) is 0 Å². The van der Waals surface area contributed by atoms with E-state index in [0.717, 1.165) is 0 Å². The average molecular weight is 402 g/mol. The maximum Gasteiger partial charge on any atom is 0.347 e. The summed E-state index contributed by atoms with van der Waals surface area (Å²) in [7, 11) is 4.63. The predicted molar refractivity (Wildman–Crippen MR) is 107 cm³/mol. The van der Waals surface area contributed by atoms with Crippen LogP contribution in [-0.2, 0) is 0 Å². The number of nitrogens with one attached hydrogen (secondary N) is 1. The molecule has 0 saturated carbocycles. The minimum absolute atomic E-state index is 0.0154. The first-order valence-electron chi connectivity index (χ1n) is 8.19. The fourth-order valence-electron chi connectivity index (χ4n) is 2.53. The van der Waals surface area contributed by atoms with E-state index in [2.05, 4.69) is 5.32 Å². The minimum atomic E-state index is -0.693. The Kier molecular flexibility index (Phi) is 5.36. The molecule has 2 aromatic heterocycles. The second-order valence-electron chi connectivity index (χ2n) is 5.88. The summed E-state index contributed by atoms with van der Waals surface area (Å²) in [5, 5.41) is 3.32. The van der Waals surface area contributed by atoms with Gasteiger partial charge in [-0.2, -0.15) is 0 Å². The topological polar surface area (TPSA) is 98.1 Å². The van der Waals surface area contributed by atoms with E-state index >= 15 is 0 Å². The summed E-state index contributed by atoms with van der Waals surface area (Å²) in [6.45, 7) is 1.30. The highest BCUT2D eigenvalue weighted by Crippen LogP contribution is 2.33. The maximum atomic E-state index is 12.6. The molecule has 0 spiro atoms. The van der Waals surface area contributed by atoms with Crippen LogP contribution in [0.25, 0.3) is 10.3 Å². The lowest BCUT2D eigenvalue weighted by Crippen LogP contribution is -2.30. The highest BCUT2D eigenvalue weighted by atomic mass is 32.1. The van der Waals surface area contributed by atoms with Gasteiger partial charge in [-0.05, 0) is 25.1 Å². The van der Waals surface area contributed by atoms with E-state index < -0.39 is 11.7 Å². The molecule has 0 unspecified atom stereocenters. The van der Waals surface area contributed by atoms with Crippen molar-refractivity contribution in [3.63, 3.8) is 0 Å². The molecule has 146 valence electrons. The number of ether oxygens (including phenoxy) is 2. The third-order valence-corrected chi connectivity index (χ3v) is 5.20. The van der Waals surface area contributed by atoms with Crippen LogP contribution in [0.4, 0.5) is 15.5 Å². The zero-order valence-corrected chi connectivity index (χ0v) is 16.5. The van der Waals surface area contributed by atoms with Gasteiger partial charge < -0.3 is 19.2 Å². The quantitative estimate of drug-likeness (QED) is 0.653. The van der Waals surface area contributed by atoms with Crippen LogP contribution in [0.15, 0.2) is 39.5 Å². The third kappa shape index (κ3) is 3.70. The van der Waals surface area contributed by atoms with Crippen molar-refractivity contribution in [1.29, 1.82) is 0 Å².